The van der Waals surface area contributed by atoms with Crippen molar-refractivity contribution in [2.24, 2.45) is 0 Å². The summed E-state index contributed by atoms with van der Waals surface area (Å²) in [6.07, 6.45) is 0.0573. The number of amides is 3. The van der Waals surface area contributed by atoms with Crippen LogP contribution in [0.3, 0.4) is 0 Å². The Kier molecular flexibility index (Phi) is 7.08. The van der Waals surface area contributed by atoms with Crippen molar-refractivity contribution in [3.63, 3.8) is 0 Å². The fraction of sp³-hybridized carbons (Fsp3) is 0.222. The molecule has 0 aliphatic rings. The van der Waals surface area contributed by atoms with Gasteiger partial charge in [-0.25, -0.2) is 13.6 Å². The number of nitrogens with one attached hydrogen (secondary N) is 3. The lowest BCUT2D eigenvalue weighted by Gasteiger charge is -2.15. The van der Waals surface area contributed by atoms with Gasteiger partial charge >= 0.3 is 6.03 Å². The Morgan fingerprint density at radius 2 is 1.77 bits per heavy atom. The zero-order valence-electron chi connectivity index (χ0n) is 14.0. The van der Waals surface area contributed by atoms with Gasteiger partial charge in [0.15, 0.2) is 11.6 Å². The largest absolute Gasteiger partial charge is 0.350 e. The minimum atomic E-state index is -0.963. The summed E-state index contributed by atoms with van der Waals surface area (Å²) in [5.74, 6) is -2.21. The molecule has 0 unspecified atom stereocenters. The Bertz CT molecular complexity index is 785. The van der Waals surface area contributed by atoms with E-state index in [0.29, 0.717) is 11.3 Å². The van der Waals surface area contributed by atoms with Crippen molar-refractivity contribution in [2.45, 2.75) is 19.4 Å². The third-order valence-corrected chi connectivity index (χ3v) is 4.09. The zero-order valence-corrected chi connectivity index (χ0v) is 15.6. The van der Waals surface area contributed by atoms with E-state index in [4.69, 9.17) is 0 Å². The molecule has 5 nitrogen and oxygen atoms in total. The van der Waals surface area contributed by atoms with E-state index in [2.05, 4.69) is 31.9 Å². The van der Waals surface area contributed by atoms with Crippen molar-refractivity contribution in [3.8, 4) is 0 Å². The molecule has 0 radical (unpaired) electrons. The third-order valence-electron chi connectivity index (χ3n) is 3.56. The highest BCUT2D eigenvalue weighted by molar-refractivity contribution is 9.10. The summed E-state index contributed by atoms with van der Waals surface area (Å²) >= 11 is 3.30. The van der Waals surface area contributed by atoms with Gasteiger partial charge in [-0.05, 0) is 48.9 Å². The van der Waals surface area contributed by atoms with E-state index in [-0.39, 0.29) is 18.9 Å². The van der Waals surface area contributed by atoms with Crippen molar-refractivity contribution in [2.75, 3.05) is 11.9 Å². The SMILES string of the molecule is C[C@H](NC(=O)CCNC(=O)Nc1ccc(Br)cc1)c1ccc(F)c(F)c1. The monoisotopic (exact) mass is 425 g/mol. The van der Waals surface area contributed by atoms with Crippen LogP contribution in [0.25, 0.3) is 0 Å². The first-order valence-electron chi connectivity index (χ1n) is 7.90. The standard InChI is InChI=1S/C18H18BrF2N3O2/c1-11(12-2-7-15(20)16(21)10-12)23-17(25)8-9-22-18(26)24-14-5-3-13(19)4-6-14/h2-7,10-11H,8-9H2,1H3,(H,23,25)(H2,22,24,26)/t11-/m0/s1. The van der Waals surface area contributed by atoms with Crippen LogP contribution in [0.5, 0.6) is 0 Å². The molecule has 0 saturated heterocycles. The summed E-state index contributed by atoms with van der Waals surface area (Å²) in [4.78, 5) is 23.6. The lowest BCUT2D eigenvalue weighted by molar-refractivity contribution is -0.121. The number of urea groups is 1. The van der Waals surface area contributed by atoms with E-state index in [1.807, 2.05) is 0 Å². The Labute approximate surface area is 158 Å². The van der Waals surface area contributed by atoms with Crippen molar-refractivity contribution in [3.05, 3.63) is 64.1 Å². The molecule has 8 heteroatoms. The van der Waals surface area contributed by atoms with E-state index in [1.54, 1.807) is 31.2 Å². The Morgan fingerprint density at radius 1 is 1.08 bits per heavy atom. The number of hydrogen-bond acceptors (Lipinski definition) is 2. The predicted octanol–water partition coefficient (Wildman–Crippen LogP) is 4.12. The van der Waals surface area contributed by atoms with Gasteiger partial charge in [0.2, 0.25) is 5.91 Å². The molecule has 26 heavy (non-hydrogen) atoms. The van der Waals surface area contributed by atoms with Crippen LogP contribution in [-0.2, 0) is 4.79 Å². The maximum absolute atomic E-state index is 13.2. The molecule has 2 aromatic carbocycles. The number of benzene rings is 2. The van der Waals surface area contributed by atoms with Crippen molar-refractivity contribution >= 4 is 33.6 Å². The molecule has 0 fully saturated rings. The highest BCUT2D eigenvalue weighted by atomic mass is 79.9. The second-order valence-electron chi connectivity index (χ2n) is 5.60. The molecule has 1 atom stereocenters. The van der Waals surface area contributed by atoms with E-state index >= 15 is 0 Å². The van der Waals surface area contributed by atoms with E-state index in [9.17, 15) is 18.4 Å². The van der Waals surface area contributed by atoms with E-state index in [1.165, 1.54) is 6.07 Å². The van der Waals surface area contributed by atoms with Gasteiger partial charge in [-0.2, -0.15) is 0 Å². The second kappa shape index (κ2) is 9.28. The van der Waals surface area contributed by atoms with Crippen molar-refractivity contribution < 1.29 is 18.4 Å². The molecule has 2 aromatic rings. The summed E-state index contributed by atoms with van der Waals surface area (Å²) in [5, 5.41) is 7.88. The van der Waals surface area contributed by atoms with Crippen LogP contribution >= 0.6 is 15.9 Å². The Morgan fingerprint density at radius 3 is 2.42 bits per heavy atom. The van der Waals surface area contributed by atoms with Crippen LogP contribution in [0.4, 0.5) is 19.3 Å². The van der Waals surface area contributed by atoms with Crippen LogP contribution in [0.15, 0.2) is 46.9 Å². The zero-order chi connectivity index (χ0) is 19.1. The minimum absolute atomic E-state index is 0.0573. The van der Waals surface area contributed by atoms with Gasteiger partial charge in [-0.1, -0.05) is 22.0 Å². The summed E-state index contributed by atoms with van der Waals surface area (Å²) in [7, 11) is 0. The number of carbonyl (C=O) groups is 2. The first kappa shape index (κ1) is 19.8. The van der Waals surface area contributed by atoms with E-state index < -0.39 is 23.7 Å². The molecule has 0 aliphatic carbocycles. The van der Waals surface area contributed by atoms with Crippen LogP contribution in [0.1, 0.15) is 24.9 Å². The molecule has 3 amide bonds. The maximum atomic E-state index is 13.2. The lowest BCUT2D eigenvalue weighted by atomic mass is 10.1. The highest BCUT2D eigenvalue weighted by Crippen LogP contribution is 2.16. The van der Waals surface area contributed by atoms with Crippen molar-refractivity contribution in [1.29, 1.82) is 0 Å². The van der Waals surface area contributed by atoms with Gasteiger partial charge in [0.1, 0.15) is 0 Å². The van der Waals surface area contributed by atoms with Crippen molar-refractivity contribution in [1.82, 2.24) is 10.6 Å². The van der Waals surface area contributed by atoms with Gasteiger partial charge in [-0.3, -0.25) is 4.79 Å². The van der Waals surface area contributed by atoms with Crippen LogP contribution in [0.2, 0.25) is 0 Å². The summed E-state index contributed by atoms with van der Waals surface area (Å²) in [6, 6.07) is 9.63. The molecule has 0 aromatic heterocycles. The van der Waals surface area contributed by atoms with Gasteiger partial charge < -0.3 is 16.0 Å². The number of anilines is 1. The van der Waals surface area contributed by atoms with Gasteiger partial charge in [0, 0.05) is 23.1 Å². The Balaban J connectivity index is 1.73. The molecule has 0 spiro atoms. The smallest absolute Gasteiger partial charge is 0.319 e. The quantitative estimate of drug-likeness (QED) is 0.651. The highest BCUT2D eigenvalue weighted by Gasteiger charge is 2.12. The van der Waals surface area contributed by atoms with Gasteiger partial charge in [0.05, 0.1) is 6.04 Å². The second-order valence-corrected chi connectivity index (χ2v) is 6.52. The summed E-state index contributed by atoms with van der Waals surface area (Å²) in [6.45, 7) is 1.80. The molecular weight excluding hydrogens is 408 g/mol. The topological polar surface area (TPSA) is 70.2 Å². The molecule has 2 rings (SSSR count). The van der Waals surface area contributed by atoms with Gasteiger partial charge in [-0.15, -0.1) is 0 Å². The molecule has 138 valence electrons. The first-order chi connectivity index (χ1) is 12.3. The maximum Gasteiger partial charge on any atom is 0.319 e. The van der Waals surface area contributed by atoms with Crippen LogP contribution in [-0.4, -0.2) is 18.5 Å². The van der Waals surface area contributed by atoms with E-state index in [0.717, 1.165) is 16.6 Å². The Hall–Kier alpha value is -2.48. The van der Waals surface area contributed by atoms with Crippen LogP contribution < -0.4 is 16.0 Å². The molecule has 0 bridgehead atoms. The fourth-order valence-corrected chi connectivity index (χ4v) is 2.44. The third kappa shape index (κ3) is 6.11. The normalized spacial score (nSPS) is 11.5. The first-order valence-corrected chi connectivity index (χ1v) is 8.69. The number of halogens is 3. The summed E-state index contributed by atoms with van der Waals surface area (Å²) in [5.41, 5.74) is 1.08. The minimum Gasteiger partial charge on any atom is -0.350 e. The molecule has 3 N–H and O–H groups in total. The predicted molar refractivity (Wildman–Crippen MR) is 98.7 cm³/mol. The summed E-state index contributed by atoms with van der Waals surface area (Å²) < 4.78 is 27.1. The molecule has 0 aliphatic heterocycles. The number of carbonyl (C=O) groups excluding carboxylic acids is 2. The average molecular weight is 426 g/mol. The number of hydrogen-bond donors (Lipinski definition) is 3. The lowest BCUT2D eigenvalue weighted by Crippen LogP contribution is -2.34. The number of rotatable bonds is 6. The molecule has 0 saturated carbocycles. The van der Waals surface area contributed by atoms with Crippen LogP contribution in [0, 0.1) is 11.6 Å². The average Bonchev–Trinajstić information content (AvgIpc) is 2.59. The van der Waals surface area contributed by atoms with Gasteiger partial charge in [0.25, 0.3) is 0 Å². The molecule has 0 heterocycles. The fourth-order valence-electron chi connectivity index (χ4n) is 2.18. The molecular formula is C18H18BrF2N3O2.